The highest BCUT2D eigenvalue weighted by atomic mass is 16.8. The fourth-order valence-electron chi connectivity index (χ4n) is 2.93. The van der Waals surface area contributed by atoms with Crippen LogP contribution in [0.25, 0.3) is 27.5 Å². The lowest BCUT2D eigenvalue weighted by Crippen LogP contribution is -2.06. The molecule has 108 valence electrons. The van der Waals surface area contributed by atoms with E-state index in [4.69, 9.17) is 5.21 Å². The zero-order valence-electron chi connectivity index (χ0n) is 11.7. The maximum Gasteiger partial charge on any atom is 0.0541 e. The summed E-state index contributed by atoms with van der Waals surface area (Å²) in [7, 11) is 0. The van der Waals surface area contributed by atoms with Crippen LogP contribution >= 0.6 is 0 Å². The van der Waals surface area contributed by atoms with Crippen molar-refractivity contribution in [3.05, 3.63) is 78.0 Å². The van der Waals surface area contributed by atoms with Gasteiger partial charge in [-0.1, -0.05) is 36.4 Å². The van der Waals surface area contributed by atoms with E-state index in [2.05, 4.69) is 28.8 Å². The summed E-state index contributed by atoms with van der Waals surface area (Å²) in [6.07, 6.45) is 0. The van der Waals surface area contributed by atoms with Crippen LogP contribution < -0.4 is 5.23 Å². The number of rotatable bonds is 2. The molecule has 0 amide bonds. The van der Waals surface area contributed by atoms with E-state index >= 15 is 0 Å². The number of hydrogen-bond acceptors (Lipinski definition) is 3. The third-order valence-electron chi connectivity index (χ3n) is 3.91. The van der Waals surface area contributed by atoms with E-state index in [1.807, 2.05) is 36.4 Å². The van der Waals surface area contributed by atoms with Gasteiger partial charge in [-0.15, -0.1) is 0 Å². The van der Waals surface area contributed by atoms with Gasteiger partial charge in [-0.25, -0.2) is 0 Å². The zero-order valence-corrected chi connectivity index (χ0v) is 11.7. The average molecular weight is 289 g/mol. The van der Waals surface area contributed by atoms with Gasteiger partial charge in [0.1, 0.15) is 0 Å². The fraction of sp³-hybridized carbons (Fsp3) is 0. The Labute approximate surface area is 127 Å². The van der Waals surface area contributed by atoms with Crippen molar-refractivity contribution in [3.63, 3.8) is 0 Å². The molecule has 0 aliphatic rings. The van der Waals surface area contributed by atoms with Gasteiger partial charge in [0.2, 0.25) is 0 Å². The van der Waals surface area contributed by atoms with Gasteiger partial charge in [-0.2, -0.15) is 0 Å². The van der Waals surface area contributed by atoms with E-state index < -0.39 is 0 Å². The second kappa shape index (κ2) is 4.87. The molecular weight excluding hydrogens is 276 g/mol. The lowest BCUT2D eigenvalue weighted by molar-refractivity contribution is 0.296. The van der Waals surface area contributed by atoms with E-state index in [9.17, 15) is 5.21 Å². The molecule has 3 aromatic carbocycles. The van der Waals surface area contributed by atoms with Gasteiger partial charge in [0.25, 0.3) is 0 Å². The predicted octanol–water partition coefficient (Wildman–Crippen LogP) is 4.48. The lowest BCUT2D eigenvalue weighted by Gasteiger charge is -2.21. The summed E-state index contributed by atoms with van der Waals surface area (Å²) in [6, 6.07) is 23.3. The highest BCUT2D eigenvalue weighted by molar-refractivity contribution is 6.09. The molecule has 1 heterocycles. The minimum absolute atomic E-state index is 0.129. The number of hydrogen-bond donors (Lipinski definition) is 1. The van der Waals surface area contributed by atoms with Crippen molar-refractivity contribution < 1.29 is 5.21 Å². The molecular formula is C18H13N2O2-. The first-order valence-corrected chi connectivity index (χ1v) is 7.00. The zero-order chi connectivity index (χ0) is 15.1. The van der Waals surface area contributed by atoms with Crippen molar-refractivity contribution in [2.45, 2.75) is 0 Å². The first kappa shape index (κ1) is 12.9. The summed E-state index contributed by atoms with van der Waals surface area (Å²) in [5, 5.41) is 22.1. The Hall–Kier alpha value is -2.82. The maximum atomic E-state index is 10.9. The van der Waals surface area contributed by atoms with E-state index in [1.54, 1.807) is 12.1 Å². The van der Waals surface area contributed by atoms with Gasteiger partial charge in [-0.3, -0.25) is 5.21 Å². The Morgan fingerprint density at radius 3 is 1.73 bits per heavy atom. The minimum atomic E-state index is -0.129. The van der Waals surface area contributed by atoms with Crippen molar-refractivity contribution in [1.29, 1.82) is 0 Å². The maximum absolute atomic E-state index is 10.9. The molecule has 0 aliphatic heterocycles. The molecule has 0 saturated heterocycles. The Morgan fingerprint density at radius 1 is 0.727 bits per heavy atom. The van der Waals surface area contributed by atoms with Crippen LogP contribution in [-0.4, -0.2) is 9.77 Å². The summed E-state index contributed by atoms with van der Waals surface area (Å²) >= 11 is 0. The van der Waals surface area contributed by atoms with Crippen LogP contribution in [0.4, 0.5) is 5.69 Å². The van der Waals surface area contributed by atoms with Crippen LogP contribution in [0, 0.1) is 5.21 Å². The van der Waals surface area contributed by atoms with Gasteiger partial charge >= 0.3 is 0 Å². The fourth-order valence-corrected chi connectivity index (χ4v) is 2.93. The van der Waals surface area contributed by atoms with Gasteiger partial charge in [0, 0.05) is 16.5 Å². The van der Waals surface area contributed by atoms with Crippen molar-refractivity contribution in [3.8, 4) is 5.69 Å². The SMILES string of the molecule is [O-]N(O)c1ccc(-n2c3ccccc3c3ccccc32)cc1. The third kappa shape index (κ3) is 1.86. The molecule has 4 aromatic rings. The number of para-hydroxylation sites is 2. The second-order valence-corrected chi connectivity index (χ2v) is 5.16. The molecule has 0 saturated carbocycles. The standard InChI is InChI=1S/C18H13N2O2/c21-20(22)14-11-9-13(10-12-14)19-17-7-3-1-5-15(17)16-6-2-4-8-18(16)19/h1-12,21H/q-1. The third-order valence-corrected chi connectivity index (χ3v) is 3.91. The van der Waals surface area contributed by atoms with Crippen LogP contribution in [0.5, 0.6) is 0 Å². The Balaban J connectivity index is 2.04. The monoisotopic (exact) mass is 289 g/mol. The van der Waals surface area contributed by atoms with Crippen molar-refractivity contribution >= 4 is 27.5 Å². The molecule has 4 rings (SSSR count). The van der Waals surface area contributed by atoms with Crippen LogP contribution in [0.1, 0.15) is 0 Å². The predicted molar refractivity (Wildman–Crippen MR) is 88.4 cm³/mol. The molecule has 22 heavy (non-hydrogen) atoms. The van der Waals surface area contributed by atoms with Crippen LogP contribution in [0.3, 0.4) is 0 Å². The molecule has 0 fully saturated rings. The average Bonchev–Trinajstić information content (AvgIpc) is 2.89. The molecule has 1 aromatic heterocycles. The molecule has 0 aliphatic carbocycles. The molecule has 0 radical (unpaired) electrons. The van der Waals surface area contributed by atoms with E-state index in [-0.39, 0.29) is 10.9 Å². The Bertz CT molecular complexity index is 903. The smallest absolute Gasteiger partial charge is 0.0541 e. The number of nitrogens with zero attached hydrogens (tertiary/aromatic N) is 2. The van der Waals surface area contributed by atoms with Gasteiger partial charge in [0.15, 0.2) is 0 Å². The van der Waals surface area contributed by atoms with Gasteiger partial charge in [-0.05, 0) is 36.4 Å². The number of benzene rings is 3. The molecule has 4 nitrogen and oxygen atoms in total. The van der Waals surface area contributed by atoms with E-state index in [1.165, 1.54) is 10.8 Å². The first-order chi connectivity index (χ1) is 10.8. The lowest BCUT2D eigenvalue weighted by atomic mass is 10.2. The second-order valence-electron chi connectivity index (χ2n) is 5.16. The highest BCUT2D eigenvalue weighted by Gasteiger charge is 2.10. The van der Waals surface area contributed by atoms with Crippen LogP contribution in [0.15, 0.2) is 72.8 Å². The summed E-state index contributed by atoms with van der Waals surface area (Å²) in [6.45, 7) is 0. The van der Waals surface area contributed by atoms with Gasteiger partial charge < -0.3 is 15.0 Å². The normalized spacial score (nSPS) is 11.2. The quantitative estimate of drug-likeness (QED) is 0.554. The summed E-state index contributed by atoms with van der Waals surface area (Å²) < 4.78 is 2.15. The molecule has 4 heteroatoms. The van der Waals surface area contributed by atoms with E-state index in [0.29, 0.717) is 0 Å². The number of aromatic nitrogens is 1. The number of fused-ring (bicyclic) bond motifs is 3. The Morgan fingerprint density at radius 2 is 1.23 bits per heavy atom. The summed E-state index contributed by atoms with van der Waals surface area (Å²) in [5.41, 5.74) is 3.38. The highest BCUT2D eigenvalue weighted by Crippen LogP contribution is 2.32. The summed E-state index contributed by atoms with van der Waals surface area (Å²) in [5.74, 6) is 0. The van der Waals surface area contributed by atoms with Crippen molar-refractivity contribution in [2.24, 2.45) is 0 Å². The topological polar surface area (TPSA) is 51.5 Å². The minimum Gasteiger partial charge on any atom is -0.733 e. The van der Waals surface area contributed by atoms with Crippen molar-refractivity contribution in [2.75, 3.05) is 5.23 Å². The van der Waals surface area contributed by atoms with Gasteiger partial charge in [0.05, 0.1) is 16.7 Å². The van der Waals surface area contributed by atoms with Crippen molar-refractivity contribution in [1.82, 2.24) is 4.57 Å². The Kier molecular flexibility index (Phi) is 2.85. The largest absolute Gasteiger partial charge is 0.733 e. The molecule has 0 atom stereocenters. The molecule has 0 unspecified atom stereocenters. The van der Waals surface area contributed by atoms with E-state index in [0.717, 1.165) is 16.7 Å². The number of anilines is 1. The molecule has 0 spiro atoms. The van der Waals surface area contributed by atoms with Crippen LogP contribution in [0.2, 0.25) is 0 Å². The molecule has 0 bridgehead atoms. The molecule has 1 N–H and O–H groups in total. The summed E-state index contributed by atoms with van der Waals surface area (Å²) in [4.78, 5) is 0. The van der Waals surface area contributed by atoms with Crippen LogP contribution in [-0.2, 0) is 0 Å². The first-order valence-electron chi connectivity index (χ1n) is 7.00.